The Morgan fingerprint density at radius 3 is 2.56 bits per heavy atom. The maximum absolute atomic E-state index is 12.5. The Labute approximate surface area is 152 Å². The van der Waals surface area contributed by atoms with Crippen molar-refractivity contribution >= 4 is 28.3 Å². The summed E-state index contributed by atoms with van der Waals surface area (Å²) in [5, 5.41) is 4.63. The molecule has 1 heterocycles. The summed E-state index contributed by atoms with van der Waals surface area (Å²) in [6.07, 6.45) is 4.85. The molecule has 3 aromatic rings. The molecule has 0 fully saturated rings. The summed E-state index contributed by atoms with van der Waals surface area (Å²) in [5.74, 6) is 0.550. The van der Waals surface area contributed by atoms with Crippen molar-refractivity contribution in [2.75, 3.05) is 11.9 Å². The fraction of sp³-hybridized carbons (Fsp3) is 0.286. The van der Waals surface area contributed by atoms with Crippen molar-refractivity contribution in [3.63, 3.8) is 0 Å². The van der Waals surface area contributed by atoms with E-state index in [1.807, 2.05) is 30.3 Å². The van der Waals surface area contributed by atoms with E-state index in [9.17, 15) is 4.79 Å². The van der Waals surface area contributed by atoms with Crippen molar-refractivity contribution in [3.05, 3.63) is 63.8 Å². The molecule has 3 rings (SSSR count). The number of benzene rings is 2. The summed E-state index contributed by atoms with van der Waals surface area (Å²) in [6.45, 7) is 3.12. The van der Waals surface area contributed by atoms with Crippen molar-refractivity contribution in [2.45, 2.75) is 32.6 Å². The summed E-state index contributed by atoms with van der Waals surface area (Å²) in [7, 11) is 0. The molecule has 0 spiro atoms. The number of nitrogens with one attached hydrogen (secondary N) is 1. The molecule has 25 heavy (non-hydrogen) atoms. The molecular formula is C21H22ClNO2. The Bertz CT molecular complexity index is 900. The molecule has 0 bridgehead atoms. The summed E-state index contributed by atoms with van der Waals surface area (Å²) in [6, 6.07) is 14.5. The Hall–Kier alpha value is -2.26. The van der Waals surface area contributed by atoms with Crippen LogP contribution in [0.25, 0.3) is 22.3 Å². The van der Waals surface area contributed by atoms with Crippen LogP contribution in [-0.4, -0.2) is 6.54 Å². The molecule has 0 saturated heterocycles. The maximum atomic E-state index is 12.5. The molecule has 2 aromatic carbocycles. The van der Waals surface area contributed by atoms with Gasteiger partial charge in [-0.1, -0.05) is 37.8 Å². The molecule has 0 aliphatic carbocycles. The second-order valence-corrected chi connectivity index (χ2v) is 6.62. The third-order valence-corrected chi connectivity index (χ3v) is 4.47. The standard InChI is InChI=1S/C21H22ClNO2/c1-2-3-4-5-12-23-17-10-11-20-18(13-17)19(24)14-21(25-20)15-6-8-16(22)9-7-15/h6-11,13-14,23H,2-5,12H2,1H3. The summed E-state index contributed by atoms with van der Waals surface area (Å²) >= 11 is 5.91. The van der Waals surface area contributed by atoms with Gasteiger partial charge < -0.3 is 9.73 Å². The van der Waals surface area contributed by atoms with Gasteiger partial charge in [-0.2, -0.15) is 0 Å². The van der Waals surface area contributed by atoms with Gasteiger partial charge in [-0.3, -0.25) is 4.79 Å². The van der Waals surface area contributed by atoms with Crippen LogP contribution in [0.2, 0.25) is 5.02 Å². The lowest BCUT2D eigenvalue weighted by molar-refractivity contribution is 0.619. The first-order chi connectivity index (χ1) is 12.2. The van der Waals surface area contributed by atoms with Crippen molar-refractivity contribution in [2.24, 2.45) is 0 Å². The first kappa shape index (κ1) is 17.6. The summed E-state index contributed by atoms with van der Waals surface area (Å²) in [5.41, 5.74) is 2.34. The molecule has 0 atom stereocenters. The van der Waals surface area contributed by atoms with Gasteiger partial charge in [-0.15, -0.1) is 0 Å². The zero-order valence-electron chi connectivity index (χ0n) is 14.3. The molecule has 0 unspecified atom stereocenters. The highest BCUT2D eigenvalue weighted by Crippen LogP contribution is 2.25. The van der Waals surface area contributed by atoms with E-state index in [4.69, 9.17) is 16.0 Å². The molecule has 0 radical (unpaired) electrons. The summed E-state index contributed by atoms with van der Waals surface area (Å²) < 4.78 is 5.91. The van der Waals surface area contributed by atoms with Crippen LogP contribution in [0.15, 0.2) is 57.7 Å². The van der Waals surface area contributed by atoms with E-state index in [2.05, 4.69) is 12.2 Å². The normalized spacial score (nSPS) is 11.0. The molecule has 3 nitrogen and oxygen atoms in total. The van der Waals surface area contributed by atoms with Gasteiger partial charge in [0.05, 0.1) is 5.39 Å². The minimum Gasteiger partial charge on any atom is -0.456 e. The van der Waals surface area contributed by atoms with Gasteiger partial charge >= 0.3 is 0 Å². The number of hydrogen-bond acceptors (Lipinski definition) is 3. The van der Waals surface area contributed by atoms with Crippen LogP contribution >= 0.6 is 11.6 Å². The lowest BCUT2D eigenvalue weighted by atomic mass is 10.1. The zero-order valence-corrected chi connectivity index (χ0v) is 15.1. The van der Waals surface area contributed by atoms with Crippen molar-refractivity contribution in [1.82, 2.24) is 0 Å². The predicted octanol–water partition coefficient (Wildman–Crippen LogP) is 6.11. The van der Waals surface area contributed by atoms with E-state index in [1.165, 1.54) is 25.3 Å². The quantitative estimate of drug-likeness (QED) is 0.520. The highest BCUT2D eigenvalue weighted by Gasteiger charge is 2.08. The van der Waals surface area contributed by atoms with Crippen LogP contribution in [0.4, 0.5) is 5.69 Å². The van der Waals surface area contributed by atoms with Crippen LogP contribution in [0.5, 0.6) is 0 Å². The van der Waals surface area contributed by atoms with Crippen LogP contribution in [0.3, 0.4) is 0 Å². The summed E-state index contributed by atoms with van der Waals surface area (Å²) in [4.78, 5) is 12.5. The first-order valence-corrected chi connectivity index (χ1v) is 9.13. The van der Waals surface area contributed by atoms with Gasteiger partial charge in [0.15, 0.2) is 5.43 Å². The fourth-order valence-corrected chi connectivity index (χ4v) is 2.93. The second-order valence-electron chi connectivity index (χ2n) is 6.18. The molecule has 1 N–H and O–H groups in total. The third kappa shape index (κ3) is 4.43. The number of unbranched alkanes of at least 4 members (excludes halogenated alkanes) is 3. The van der Waals surface area contributed by atoms with E-state index in [0.717, 1.165) is 24.2 Å². The topological polar surface area (TPSA) is 42.2 Å². The third-order valence-electron chi connectivity index (χ3n) is 4.22. The highest BCUT2D eigenvalue weighted by atomic mass is 35.5. The lowest BCUT2D eigenvalue weighted by Gasteiger charge is -2.08. The molecule has 0 saturated carbocycles. The molecule has 0 amide bonds. The Morgan fingerprint density at radius 1 is 1.00 bits per heavy atom. The largest absolute Gasteiger partial charge is 0.456 e. The van der Waals surface area contributed by atoms with Gasteiger partial charge in [0, 0.05) is 28.9 Å². The predicted molar refractivity (Wildman–Crippen MR) is 106 cm³/mol. The minimum absolute atomic E-state index is 0.0409. The van der Waals surface area contributed by atoms with Crippen LogP contribution in [-0.2, 0) is 0 Å². The van der Waals surface area contributed by atoms with Gasteiger partial charge in [-0.25, -0.2) is 0 Å². The van der Waals surface area contributed by atoms with Gasteiger partial charge in [-0.05, 0) is 48.9 Å². The van der Waals surface area contributed by atoms with Crippen LogP contribution < -0.4 is 10.7 Å². The lowest BCUT2D eigenvalue weighted by Crippen LogP contribution is -2.04. The average molecular weight is 356 g/mol. The number of fused-ring (bicyclic) bond motifs is 1. The number of halogens is 1. The second kappa shape index (κ2) is 8.21. The van der Waals surface area contributed by atoms with Crippen molar-refractivity contribution in [1.29, 1.82) is 0 Å². The Kier molecular flexibility index (Phi) is 5.77. The Balaban J connectivity index is 1.81. The SMILES string of the molecule is CCCCCCNc1ccc2oc(-c3ccc(Cl)cc3)cc(=O)c2c1. The van der Waals surface area contributed by atoms with E-state index < -0.39 is 0 Å². The van der Waals surface area contributed by atoms with E-state index in [0.29, 0.717) is 21.8 Å². The van der Waals surface area contributed by atoms with Crippen LogP contribution in [0.1, 0.15) is 32.6 Å². The van der Waals surface area contributed by atoms with E-state index >= 15 is 0 Å². The number of anilines is 1. The zero-order chi connectivity index (χ0) is 17.6. The maximum Gasteiger partial charge on any atom is 0.193 e. The molecule has 4 heteroatoms. The monoisotopic (exact) mass is 355 g/mol. The van der Waals surface area contributed by atoms with E-state index in [1.54, 1.807) is 12.1 Å². The van der Waals surface area contributed by atoms with Gasteiger partial charge in [0.1, 0.15) is 11.3 Å². The van der Waals surface area contributed by atoms with Crippen LogP contribution in [0, 0.1) is 0 Å². The van der Waals surface area contributed by atoms with Crippen molar-refractivity contribution < 1.29 is 4.42 Å². The smallest absolute Gasteiger partial charge is 0.193 e. The molecular weight excluding hydrogens is 334 g/mol. The molecule has 0 aliphatic heterocycles. The number of rotatable bonds is 7. The van der Waals surface area contributed by atoms with Gasteiger partial charge in [0.25, 0.3) is 0 Å². The number of hydrogen-bond donors (Lipinski definition) is 1. The van der Waals surface area contributed by atoms with E-state index in [-0.39, 0.29) is 5.43 Å². The Morgan fingerprint density at radius 2 is 1.80 bits per heavy atom. The van der Waals surface area contributed by atoms with Crippen molar-refractivity contribution in [3.8, 4) is 11.3 Å². The molecule has 130 valence electrons. The first-order valence-electron chi connectivity index (χ1n) is 8.75. The highest BCUT2D eigenvalue weighted by molar-refractivity contribution is 6.30. The molecule has 1 aromatic heterocycles. The fourth-order valence-electron chi connectivity index (χ4n) is 2.81. The average Bonchev–Trinajstić information content (AvgIpc) is 2.62. The molecule has 0 aliphatic rings. The van der Waals surface area contributed by atoms with Gasteiger partial charge in [0.2, 0.25) is 0 Å². The minimum atomic E-state index is -0.0409.